The first-order chi connectivity index (χ1) is 14.0. The quantitative estimate of drug-likeness (QED) is 0.201. The Balaban J connectivity index is 1.88. The number of ether oxygens (including phenoxy) is 1. The third-order valence-corrected chi connectivity index (χ3v) is 3.97. The van der Waals surface area contributed by atoms with Crippen LogP contribution in [-0.4, -0.2) is 23.0 Å². The molecule has 1 aromatic heterocycles. The standard InChI is InChI=1S/C20H13N3O6/c21-9-14-15(24)7-6-13(17(14)18(25)23-22)19(26)29-20(27)16-8-12(10-28-16)11-4-2-1-3-5-11/h1-8,10,24H,22H2,(H,23,25). The second-order valence-corrected chi connectivity index (χ2v) is 5.71. The van der Waals surface area contributed by atoms with Gasteiger partial charge < -0.3 is 14.3 Å². The zero-order valence-corrected chi connectivity index (χ0v) is 14.7. The van der Waals surface area contributed by atoms with Crippen molar-refractivity contribution in [3.63, 3.8) is 0 Å². The molecule has 0 fully saturated rings. The van der Waals surface area contributed by atoms with Crippen molar-refractivity contribution in [3.05, 3.63) is 77.2 Å². The van der Waals surface area contributed by atoms with Crippen LogP contribution >= 0.6 is 0 Å². The monoisotopic (exact) mass is 391 g/mol. The van der Waals surface area contributed by atoms with Gasteiger partial charge in [0.1, 0.15) is 17.4 Å². The molecule has 0 saturated carbocycles. The van der Waals surface area contributed by atoms with E-state index in [1.54, 1.807) is 11.5 Å². The van der Waals surface area contributed by atoms with Gasteiger partial charge in [0.05, 0.1) is 17.4 Å². The molecule has 0 spiro atoms. The van der Waals surface area contributed by atoms with Gasteiger partial charge in [-0.05, 0) is 23.8 Å². The second-order valence-electron chi connectivity index (χ2n) is 5.71. The lowest BCUT2D eigenvalue weighted by Crippen LogP contribution is -2.32. The summed E-state index contributed by atoms with van der Waals surface area (Å²) >= 11 is 0. The molecule has 9 nitrogen and oxygen atoms in total. The van der Waals surface area contributed by atoms with Crippen LogP contribution in [0.4, 0.5) is 0 Å². The maximum absolute atomic E-state index is 12.4. The summed E-state index contributed by atoms with van der Waals surface area (Å²) in [6, 6.07) is 14.1. The number of phenolic OH excluding ortho intramolecular Hbond substituents is 1. The van der Waals surface area contributed by atoms with Crippen LogP contribution in [0.2, 0.25) is 0 Å². The number of phenols is 1. The predicted octanol–water partition coefficient (Wildman–Crippen LogP) is 2.12. The van der Waals surface area contributed by atoms with Gasteiger partial charge in [-0.1, -0.05) is 30.3 Å². The Bertz CT molecular complexity index is 1140. The number of carbonyl (C=O) groups is 3. The molecule has 144 valence electrons. The summed E-state index contributed by atoms with van der Waals surface area (Å²) in [5, 5.41) is 18.9. The molecule has 1 amide bonds. The minimum Gasteiger partial charge on any atom is -0.507 e. The van der Waals surface area contributed by atoms with Gasteiger partial charge in [-0.25, -0.2) is 15.4 Å². The molecule has 0 atom stereocenters. The highest BCUT2D eigenvalue weighted by Gasteiger charge is 2.27. The molecule has 3 rings (SSSR count). The van der Waals surface area contributed by atoms with Crippen molar-refractivity contribution in [2.45, 2.75) is 0 Å². The van der Waals surface area contributed by atoms with E-state index in [1.165, 1.54) is 12.3 Å². The van der Waals surface area contributed by atoms with Crippen molar-refractivity contribution < 1.29 is 28.6 Å². The predicted molar refractivity (Wildman–Crippen MR) is 98.4 cm³/mol. The Hall–Kier alpha value is -4.42. The minimum absolute atomic E-state index is 0.235. The number of nitrogens with zero attached hydrogens (tertiary/aromatic N) is 1. The van der Waals surface area contributed by atoms with E-state index < -0.39 is 40.3 Å². The highest BCUT2D eigenvalue weighted by atomic mass is 16.6. The van der Waals surface area contributed by atoms with E-state index in [-0.39, 0.29) is 5.76 Å². The van der Waals surface area contributed by atoms with Gasteiger partial charge in [-0.2, -0.15) is 5.26 Å². The lowest BCUT2D eigenvalue weighted by molar-refractivity contribution is 0.0373. The molecule has 0 bridgehead atoms. The number of hydrogen-bond acceptors (Lipinski definition) is 8. The van der Waals surface area contributed by atoms with Crippen LogP contribution in [-0.2, 0) is 4.74 Å². The maximum Gasteiger partial charge on any atom is 0.382 e. The van der Waals surface area contributed by atoms with Crippen LogP contribution in [0.5, 0.6) is 5.75 Å². The Morgan fingerprint density at radius 2 is 1.79 bits per heavy atom. The number of hydrogen-bond donors (Lipinski definition) is 3. The SMILES string of the molecule is N#Cc1c(O)ccc(C(=O)OC(=O)c2cc(-c3ccccc3)co2)c1C(=O)NN. The van der Waals surface area contributed by atoms with Crippen molar-refractivity contribution in [1.82, 2.24) is 5.43 Å². The van der Waals surface area contributed by atoms with E-state index >= 15 is 0 Å². The van der Waals surface area contributed by atoms with Gasteiger partial charge >= 0.3 is 11.9 Å². The Morgan fingerprint density at radius 3 is 2.45 bits per heavy atom. The number of hydrazine groups is 1. The van der Waals surface area contributed by atoms with Crippen molar-refractivity contribution in [2.75, 3.05) is 0 Å². The molecule has 0 aliphatic rings. The summed E-state index contributed by atoms with van der Waals surface area (Å²) in [7, 11) is 0. The number of esters is 2. The van der Waals surface area contributed by atoms with E-state index in [9.17, 15) is 19.5 Å². The smallest absolute Gasteiger partial charge is 0.382 e. The van der Waals surface area contributed by atoms with E-state index in [0.717, 1.165) is 17.7 Å². The summed E-state index contributed by atoms with van der Waals surface area (Å²) in [5.41, 5.74) is 1.74. The normalized spacial score (nSPS) is 10.1. The molecule has 9 heteroatoms. The number of nitrogens with one attached hydrogen (secondary N) is 1. The van der Waals surface area contributed by atoms with E-state index in [0.29, 0.717) is 5.56 Å². The van der Waals surface area contributed by atoms with Crippen molar-refractivity contribution in [1.29, 1.82) is 5.26 Å². The first-order valence-corrected chi connectivity index (χ1v) is 8.13. The molecule has 3 aromatic rings. The molecular weight excluding hydrogens is 378 g/mol. The molecule has 4 N–H and O–H groups in total. The number of nitrogens with two attached hydrogens (primary N) is 1. The molecule has 1 heterocycles. The van der Waals surface area contributed by atoms with Gasteiger partial charge in [-0.15, -0.1) is 0 Å². The van der Waals surface area contributed by atoms with Gasteiger partial charge in [0.25, 0.3) is 5.91 Å². The van der Waals surface area contributed by atoms with Crippen LogP contribution in [0.1, 0.15) is 36.8 Å². The molecule has 0 aliphatic carbocycles. The van der Waals surface area contributed by atoms with Gasteiger partial charge in [0.15, 0.2) is 0 Å². The van der Waals surface area contributed by atoms with Crippen molar-refractivity contribution in [2.24, 2.45) is 5.84 Å². The topological polar surface area (TPSA) is 156 Å². The number of nitrogen functional groups attached to an aromatic ring is 1. The molecule has 0 unspecified atom stereocenters. The highest BCUT2D eigenvalue weighted by Crippen LogP contribution is 2.26. The first kappa shape index (κ1) is 19.3. The van der Waals surface area contributed by atoms with E-state index in [4.69, 9.17) is 20.3 Å². The van der Waals surface area contributed by atoms with Gasteiger partial charge in [0, 0.05) is 5.56 Å². The summed E-state index contributed by atoms with van der Waals surface area (Å²) in [5.74, 6) is 0.976. The Kier molecular flexibility index (Phi) is 5.39. The van der Waals surface area contributed by atoms with Crippen molar-refractivity contribution >= 4 is 17.8 Å². The number of nitriles is 1. The molecule has 0 aliphatic heterocycles. The van der Waals surface area contributed by atoms with Crippen LogP contribution in [0.3, 0.4) is 0 Å². The van der Waals surface area contributed by atoms with Gasteiger partial charge in [0.2, 0.25) is 5.76 Å². The minimum atomic E-state index is -1.22. The van der Waals surface area contributed by atoms with Crippen molar-refractivity contribution in [3.8, 4) is 22.9 Å². The van der Waals surface area contributed by atoms with Crippen LogP contribution < -0.4 is 11.3 Å². The summed E-state index contributed by atoms with van der Waals surface area (Å²) in [4.78, 5) is 36.7. The number of amides is 1. The maximum atomic E-state index is 12.4. The van der Waals surface area contributed by atoms with Crippen LogP contribution in [0, 0.1) is 11.3 Å². The summed E-state index contributed by atoms with van der Waals surface area (Å²) in [6.45, 7) is 0. The largest absolute Gasteiger partial charge is 0.507 e. The number of carbonyl (C=O) groups excluding carboxylic acids is 3. The summed E-state index contributed by atoms with van der Waals surface area (Å²) in [6.07, 6.45) is 1.33. The molecule has 2 aromatic carbocycles. The Labute approximate surface area is 163 Å². The van der Waals surface area contributed by atoms with E-state index in [1.807, 2.05) is 30.3 Å². The third-order valence-electron chi connectivity index (χ3n) is 3.97. The van der Waals surface area contributed by atoms with Crippen LogP contribution in [0.15, 0.2) is 59.2 Å². The molecule has 0 saturated heterocycles. The zero-order chi connectivity index (χ0) is 21.0. The van der Waals surface area contributed by atoms with Gasteiger partial charge in [-0.3, -0.25) is 10.2 Å². The molecule has 29 heavy (non-hydrogen) atoms. The fourth-order valence-corrected chi connectivity index (χ4v) is 2.60. The zero-order valence-electron chi connectivity index (χ0n) is 14.7. The Morgan fingerprint density at radius 1 is 1.07 bits per heavy atom. The average molecular weight is 391 g/mol. The number of furan rings is 1. The fourth-order valence-electron chi connectivity index (χ4n) is 2.60. The molecule has 0 radical (unpaired) electrons. The third kappa shape index (κ3) is 3.83. The average Bonchev–Trinajstić information content (AvgIpc) is 3.24. The number of benzene rings is 2. The number of rotatable bonds is 4. The van der Waals surface area contributed by atoms with Crippen LogP contribution in [0.25, 0.3) is 11.1 Å². The first-order valence-electron chi connectivity index (χ1n) is 8.13. The summed E-state index contributed by atoms with van der Waals surface area (Å²) < 4.78 is 9.93. The lowest BCUT2D eigenvalue weighted by atomic mass is 10.00. The van der Waals surface area contributed by atoms with E-state index in [2.05, 4.69) is 0 Å². The number of aromatic hydroxyl groups is 1. The fraction of sp³-hybridized carbons (Fsp3) is 0. The highest BCUT2D eigenvalue weighted by molar-refractivity contribution is 6.10. The lowest BCUT2D eigenvalue weighted by Gasteiger charge is -2.10. The molecular formula is C20H13N3O6. The second kappa shape index (κ2) is 8.08.